The van der Waals surface area contributed by atoms with Crippen LogP contribution in [0.2, 0.25) is 5.15 Å². The largest absolute Gasteiger partial charge is 0.487 e. The molecule has 0 saturated heterocycles. The van der Waals surface area contributed by atoms with Gasteiger partial charge in [-0.3, -0.25) is 0 Å². The van der Waals surface area contributed by atoms with Crippen molar-refractivity contribution in [2.45, 2.75) is 20.0 Å². The van der Waals surface area contributed by atoms with E-state index in [9.17, 15) is 0 Å². The summed E-state index contributed by atoms with van der Waals surface area (Å²) < 4.78 is 5.60. The fraction of sp³-hybridized carbons (Fsp3) is 0.214. The maximum absolute atomic E-state index is 5.70. The summed E-state index contributed by atoms with van der Waals surface area (Å²) in [4.78, 5) is 3.96. The van der Waals surface area contributed by atoms with Gasteiger partial charge in [0, 0.05) is 0 Å². The number of rotatable bonds is 4. The number of aryl methyl sites for hydroxylation is 1. The Morgan fingerprint density at radius 2 is 1.76 bits per heavy atom. The molecule has 0 aliphatic heterocycles. The van der Waals surface area contributed by atoms with Crippen LogP contribution in [-0.4, -0.2) is 4.98 Å². The van der Waals surface area contributed by atoms with E-state index in [1.54, 1.807) is 12.3 Å². The van der Waals surface area contributed by atoms with Gasteiger partial charge in [-0.05, 0) is 29.7 Å². The van der Waals surface area contributed by atoms with Crippen LogP contribution in [0.15, 0.2) is 42.6 Å². The zero-order valence-electron chi connectivity index (χ0n) is 9.69. The maximum Gasteiger partial charge on any atom is 0.138 e. The van der Waals surface area contributed by atoms with E-state index in [0.717, 1.165) is 17.7 Å². The zero-order chi connectivity index (χ0) is 12.1. The Kier molecular flexibility index (Phi) is 3.99. The van der Waals surface area contributed by atoms with Crippen LogP contribution in [0.3, 0.4) is 0 Å². The van der Waals surface area contributed by atoms with Crippen molar-refractivity contribution in [3.05, 3.63) is 58.9 Å². The SMILES string of the molecule is CCc1ccc(COc2ccc(Cl)nc2)cc1. The van der Waals surface area contributed by atoms with Gasteiger partial charge >= 0.3 is 0 Å². The highest BCUT2D eigenvalue weighted by Gasteiger charge is 1.97. The smallest absolute Gasteiger partial charge is 0.138 e. The average Bonchev–Trinajstić information content (AvgIpc) is 2.39. The molecule has 0 fully saturated rings. The molecule has 0 spiro atoms. The van der Waals surface area contributed by atoms with E-state index in [1.165, 1.54) is 5.56 Å². The van der Waals surface area contributed by atoms with Gasteiger partial charge in [0.05, 0.1) is 6.20 Å². The van der Waals surface area contributed by atoms with Crippen molar-refractivity contribution in [1.29, 1.82) is 0 Å². The third kappa shape index (κ3) is 3.46. The van der Waals surface area contributed by atoms with Gasteiger partial charge in [-0.25, -0.2) is 4.98 Å². The monoisotopic (exact) mass is 247 g/mol. The molecule has 17 heavy (non-hydrogen) atoms. The van der Waals surface area contributed by atoms with Gasteiger partial charge in [-0.15, -0.1) is 0 Å². The standard InChI is InChI=1S/C14H14ClNO/c1-2-11-3-5-12(6-4-11)10-17-13-7-8-14(15)16-9-13/h3-9H,2,10H2,1H3. The van der Waals surface area contributed by atoms with Gasteiger partial charge in [0.1, 0.15) is 17.5 Å². The molecule has 0 radical (unpaired) electrons. The zero-order valence-corrected chi connectivity index (χ0v) is 10.4. The minimum Gasteiger partial charge on any atom is -0.487 e. The first-order valence-corrected chi connectivity index (χ1v) is 5.98. The molecule has 0 saturated carbocycles. The fourth-order valence-corrected chi connectivity index (χ4v) is 1.60. The van der Waals surface area contributed by atoms with Crippen LogP contribution >= 0.6 is 11.6 Å². The van der Waals surface area contributed by atoms with E-state index < -0.39 is 0 Å². The van der Waals surface area contributed by atoms with Gasteiger partial charge in [-0.2, -0.15) is 0 Å². The van der Waals surface area contributed by atoms with Crippen LogP contribution in [0.25, 0.3) is 0 Å². The second-order valence-electron chi connectivity index (χ2n) is 3.78. The lowest BCUT2D eigenvalue weighted by molar-refractivity contribution is 0.305. The lowest BCUT2D eigenvalue weighted by atomic mass is 10.1. The number of benzene rings is 1. The molecule has 0 atom stereocenters. The van der Waals surface area contributed by atoms with Gasteiger partial charge < -0.3 is 4.74 Å². The highest BCUT2D eigenvalue weighted by atomic mass is 35.5. The van der Waals surface area contributed by atoms with Crippen molar-refractivity contribution < 1.29 is 4.74 Å². The van der Waals surface area contributed by atoms with Gasteiger partial charge in [0.25, 0.3) is 0 Å². The first-order valence-electron chi connectivity index (χ1n) is 5.60. The summed E-state index contributed by atoms with van der Waals surface area (Å²) in [6.45, 7) is 2.69. The minimum atomic E-state index is 0.477. The van der Waals surface area contributed by atoms with E-state index in [0.29, 0.717) is 11.8 Å². The average molecular weight is 248 g/mol. The summed E-state index contributed by atoms with van der Waals surface area (Å²) in [6, 6.07) is 12.0. The molecule has 0 N–H and O–H groups in total. The van der Waals surface area contributed by atoms with Crippen molar-refractivity contribution in [3.8, 4) is 5.75 Å². The lowest BCUT2D eigenvalue weighted by Gasteiger charge is -2.06. The summed E-state index contributed by atoms with van der Waals surface area (Å²) in [5, 5.41) is 0.477. The third-order valence-corrected chi connectivity index (χ3v) is 2.76. The number of pyridine rings is 1. The first-order chi connectivity index (χ1) is 8.28. The maximum atomic E-state index is 5.70. The fourth-order valence-electron chi connectivity index (χ4n) is 1.49. The number of ether oxygens (including phenoxy) is 1. The van der Waals surface area contributed by atoms with Gasteiger partial charge in [0.2, 0.25) is 0 Å². The van der Waals surface area contributed by atoms with E-state index >= 15 is 0 Å². The second-order valence-corrected chi connectivity index (χ2v) is 4.16. The van der Waals surface area contributed by atoms with Crippen LogP contribution < -0.4 is 4.74 Å². The predicted molar refractivity (Wildman–Crippen MR) is 69.4 cm³/mol. The Bertz CT molecular complexity index is 465. The summed E-state index contributed by atoms with van der Waals surface area (Å²) in [6.07, 6.45) is 2.69. The molecule has 0 amide bonds. The molecule has 88 valence electrons. The molecule has 0 aliphatic rings. The number of hydrogen-bond donors (Lipinski definition) is 0. The quantitative estimate of drug-likeness (QED) is 0.765. The summed E-state index contributed by atoms with van der Waals surface area (Å²) in [5.41, 5.74) is 2.49. The van der Waals surface area contributed by atoms with Crippen molar-refractivity contribution in [3.63, 3.8) is 0 Å². The first kappa shape index (κ1) is 11.9. The molecule has 2 rings (SSSR count). The highest BCUT2D eigenvalue weighted by Crippen LogP contribution is 2.14. The van der Waals surface area contributed by atoms with E-state index in [4.69, 9.17) is 16.3 Å². The summed E-state index contributed by atoms with van der Waals surface area (Å²) >= 11 is 5.70. The van der Waals surface area contributed by atoms with Crippen LogP contribution in [-0.2, 0) is 13.0 Å². The van der Waals surface area contributed by atoms with Crippen LogP contribution in [0.5, 0.6) is 5.75 Å². The normalized spacial score (nSPS) is 10.2. The molecule has 0 bridgehead atoms. The molecule has 1 aromatic heterocycles. The molecule has 1 heterocycles. The number of hydrogen-bond acceptors (Lipinski definition) is 2. The molecule has 3 heteroatoms. The molecule has 2 aromatic rings. The molecule has 1 aromatic carbocycles. The molecule has 0 unspecified atom stereocenters. The van der Waals surface area contributed by atoms with Crippen LogP contribution in [0.4, 0.5) is 0 Å². The molecular weight excluding hydrogens is 234 g/mol. The Morgan fingerprint density at radius 3 is 2.35 bits per heavy atom. The molecule has 0 aliphatic carbocycles. The second kappa shape index (κ2) is 5.69. The van der Waals surface area contributed by atoms with E-state index in [1.807, 2.05) is 6.07 Å². The number of nitrogens with zero attached hydrogens (tertiary/aromatic N) is 1. The molecular formula is C14H14ClNO. The van der Waals surface area contributed by atoms with Crippen LogP contribution in [0, 0.1) is 0 Å². The topological polar surface area (TPSA) is 22.1 Å². The number of aromatic nitrogens is 1. The van der Waals surface area contributed by atoms with E-state index in [-0.39, 0.29) is 0 Å². The van der Waals surface area contributed by atoms with Gasteiger partial charge in [-0.1, -0.05) is 42.8 Å². The van der Waals surface area contributed by atoms with Crippen molar-refractivity contribution in [2.24, 2.45) is 0 Å². The minimum absolute atomic E-state index is 0.477. The van der Waals surface area contributed by atoms with Crippen molar-refractivity contribution in [2.75, 3.05) is 0 Å². The van der Waals surface area contributed by atoms with E-state index in [2.05, 4.69) is 36.2 Å². The predicted octanol–water partition coefficient (Wildman–Crippen LogP) is 3.88. The van der Waals surface area contributed by atoms with Crippen LogP contribution in [0.1, 0.15) is 18.1 Å². The highest BCUT2D eigenvalue weighted by molar-refractivity contribution is 6.29. The third-order valence-electron chi connectivity index (χ3n) is 2.54. The van der Waals surface area contributed by atoms with Gasteiger partial charge in [0.15, 0.2) is 0 Å². The Morgan fingerprint density at radius 1 is 1.06 bits per heavy atom. The Balaban J connectivity index is 1.95. The number of halogens is 1. The summed E-state index contributed by atoms with van der Waals surface area (Å²) in [5.74, 6) is 0.731. The Hall–Kier alpha value is -1.54. The summed E-state index contributed by atoms with van der Waals surface area (Å²) in [7, 11) is 0. The lowest BCUT2D eigenvalue weighted by Crippen LogP contribution is -1.96. The Labute approximate surface area is 106 Å². The van der Waals surface area contributed by atoms with Crippen molar-refractivity contribution >= 4 is 11.6 Å². The van der Waals surface area contributed by atoms with Crippen molar-refractivity contribution in [1.82, 2.24) is 4.98 Å². The molecule has 2 nitrogen and oxygen atoms in total.